The molecule has 0 aliphatic carbocycles. The highest BCUT2D eigenvalue weighted by Crippen LogP contribution is 2.20. The van der Waals surface area contributed by atoms with Crippen molar-refractivity contribution in [3.8, 4) is 0 Å². The topological polar surface area (TPSA) is 49.4 Å². The Morgan fingerprint density at radius 3 is 2.46 bits per heavy atom. The SMILES string of the molecule is Cc1ccc(C(=O)N2CCCC(C(=O)Nc3ccccc3)C2)cc1. The molecular weight excluding hydrogens is 300 g/mol. The second-order valence-electron chi connectivity index (χ2n) is 6.31. The number of carbonyl (C=O) groups excluding carboxylic acids is 2. The first-order chi connectivity index (χ1) is 11.6. The Morgan fingerprint density at radius 2 is 1.75 bits per heavy atom. The third-order valence-corrected chi connectivity index (χ3v) is 4.42. The maximum absolute atomic E-state index is 12.6. The average molecular weight is 322 g/mol. The van der Waals surface area contributed by atoms with Gasteiger partial charge in [0, 0.05) is 24.3 Å². The van der Waals surface area contributed by atoms with Crippen molar-refractivity contribution in [1.82, 2.24) is 4.90 Å². The molecule has 4 heteroatoms. The molecular formula is C20H22N2O2. The predicted octanol–water partition coefficient (Wildman–Crippen LogP) is 3.49. The normalized spacial score (nSPS) is 17.4. The lowest BCUT2D eigenvalue weighted by Crippen LogP contribution is -2.43. The van der Waals surface area contributed by atoms with Crippen molar-refractivity contribution in [2.75, 3.05) is 18.4 Å². The van der Waals surface area contributed by atoms with Crippen molar-refractivity contribution in [1.29, 1.82) is 0 Å². The average Bonchev–Trinajstić information content (AvgIpc) is 2.63. The molecule has 0 aromatic heterocycles. The molecule has 2 aromatic rings. The number of anilines is 1. The van der Waals surface area contributed by atoms with Crippen LogP contribution in [0.25, 0.3) is 0 Å². The fourth-order valence-electron chi connectivity index (χ4n) is 3.02. The van der Waals surface area contributed by atoms with Crippen molar-refractivity contribution in [3.05, 3.63) is 65.7 Å². The van der Waals surface area contributed by atoms with E-state index in [1.165, 1.54) is 0 Å². The lowest BCUT2D eigenvalue weighted by Gasteiger charge is -2.32. The van der Waals surface area contributed by atoms with Crippen LogP contribution in [0.15, 0.2) is 54.6 Å². The molecule has 0 saturated carbocycles. The predicted molar refractivity (Wildman–Crippen MR) is 94.9 cm³/mol. The van der Waals surface area contributed by atoms with Gasteiger partial charge in [0.15, 0.2) is 0 Å². The summed E-state index contributed by atoms with van der Waals surface area (Å²) in [6, 6.07) is 17.0. The molecule has 1 aliphatic heterocycles. The Bertz CT molecular complexity index is 710. The van der Waals surface area contributed by atoms with E-state index < -0.39 is 0 Å². The Hall–Kier alpha value is -2.62. The van der Waals surface area contributed by atoms with E-state index >= 15 is 0 Å². The van der Waals surface area contributed by atoms with Gasteiger partial charge in [-0.25, -0.2) is 0 Å². The van der Waals surface area contributed by atoms with Crippen LogP contribution in [-0.2, 0) is 4.79 Å². The second kappa shape index (κ2) is 7.30. The molecule has 1 atom stereocenters. The highest BCUT2D eigenvalue weighted by molar-refractivity contribution is 5.96. The number of likely N-dealkylation sites (tertiary alicyclic amines) is 1. The Labute approximate surface area is 142 Å². The van der Waals surface area contributed by atoms with Crippen molar-refractivity contribution >= 4 is 17.5 Å². The van der Waals surface area contributed by atoms with Gasteiger partial charge in [0.25, 0.3) is 5.91 Å². The summed E-state index contributed by atoms with van der Waals surface area (Å²) in [5.41, 5.74) is 2.61. The van der Waals surface area contributed by atoms with Crippen LogP contribution in [0.2, 0.25) is 0 Å². The number of hydrogen-bond donors (Lipinski definition) is 1. The fourth-order valence-corrected chi connectivity index (χ4v) is 3.02. The number of piperidine rings is 1. The van der Waals surface area contributed by atoms with E-state index in [0.29, 0.717) is 18.7 Å². The molecule has 1 N–H and O–H groups in total. The zero-order chi connectivity index (χ0) is 16.9. The van der Waals surface area contributed by atoms with Crippen LogP contribution >= 0.6 is 0 Å². The highest BCUT2D eigenvalue weighted by Gasteiger charge is 2.28. The highest BCUT2D eigenvalue weighted by atomic mass is 16.2. The molecule has 1 saturated heterocycles. The monoisotopic (exact) mass is 322 g/mol. The first-order valence-corrected chi connectivity index (χ1v) is 8.35. The summed E-state index contributed by atoms with van der Waals surface area (Å²) >= 11 is 0. The second-order valence-corrected chi connectivity index (χ2v) is 6.31. The molecule has 3 rings (SSSR count). The third-order valence-electron chi connectivity index (χ3n) is 4.42. The lowest BCUT2D eigenvalue weighted by molar-refractivity contribution is -0.121. The minimum atomic E-state index is -0.159. The van der Waals surface area contributed by atoms with Crippen molar-refractivity contribution in [2.45, 2.75) is 19.8 Å². The minimum Gasteiger partial charge on any atom is -0.338 e. The van der Waals surface area contributed by atoms with E-state index in [1.54, 1.807) is 4.90 Å². The molecule has 24 heavy (non-hydrogen) atoms. The number of carbonyl (C=O) groups is 2. The summed E-state index contributed by atoms with van der Waals surface area (Å²) in [6.45, 7) is 3.19. The number of benzene rings is 2. The molecule has 1 unspecified atom stereocenters. The standard InChI is InChI=1S/C20H22N2O2/c1-15-9-11-16(12-10-15)20(24)22-13-5-6-17(14-22)19(23)21-18-7-3-2-4-8-18/h2-4,7-12,17H,5-6,13-14H2,1H3,(H,21,23). The van der Waals surface area contributed by atoms with Crippen LogP contribution < -0.4 is 5.32 Å². The molecule has 4 nitrogen and oxygen atoms in total. The number of para-hydroxylation sites is 1. The van der Waals surface area contributed by atoms with E-state index in [4.69, 9.17) is 0 Å². The smallest absolute Gasteiger partial charge is 0.253 e. The molecule has 0 radical (unpaired) electrons. The molecule has 1 aliphatic rings. The minimum absolute atomic E-state index is 0.00668. The van der Waals surface area contributed by atoms with Gasteiger partial charge in [0.05, 0.1) is 5.92 Å². The number of nitrogens with one attached hydrogen (secondary N) is 1. The van der Waals surface area contributed by atoms with Crippen molar-refractivity contribution in [2.24, 2.45) is 5.92 Å². The van der Waals surface area contributed by atoms with Crippen LogP contribution in [0.3, 0.4) is 0 Å². The third kappa shape index (κ3) is 3.82. The van der Waals surface area contributed by atoms with E-state index in [2.05, 4.69) is 5.32 Å². The molecule has 2 amide bonds. The lowest BCUT2D eigenvalue weighted by atomic mass is 9.96. The molecule has 0 spiro atoms. The molecule has 1 heterocycles. The van der Waals surface area contributed by atoms with E-state index in [1.807, 2.05) is 61.5 Å². The summed E-state index contributed by atoms with van der Waals surface area (Å²) in [5.74, 6) is -0.164. The molecule has 0 bridgehead atoms. The van der Waals surface area contributed by atoms with E-state index in [0.717, 1.165) is 24.1 Å². The summed E-state index contributed by atoms with van der Waals surface area (Å²) in [6.07, 6.45) is 1.67. The molecule has 1 fully saturated rings. The van der Waals surface area contributed by atoms with Gasteiger partial charge >= 0.3 is 0 Å². The quantitative estimate of drug-likeness (QED) is 0.940. The van der Waals surface area contributed by atoms with Gasteiger partial charge in [-0.2, -0.15) is 0 Å². The van der Waals surface area contributed by atoms with Crippen molar-refractivity contribution < 1.29 is 9.59 Å². The van der Waals surface area contributed by atoms with Crippen LogP contribution in [0.5, 0.6) is 0 Å². The summed E-state index contributed by atoms with van der Waals surface area (Å²) in [5, 5.41) is 2.94. The van der Waals surface area contributed by atoms with Crippen LogP contribution in [-0.4, -0.2) is 29.8 Å². The maximum Gasteiger partial charge on any atom is 0.253 e. The molecule has 2 aromatic carbocycles. The maximum atomic E-state index is 12.6. The Balaban J connectivity index is 1.64. The Morgan fingerprint density at radius 1 is 1.04 bits per heavy atom. The van der Waals surface area contributed by atoms with Gasteiger partial charge in [-0.3, -0.25) is 9.59 Å². The number of hydrogen-bond acceptors (Lipinski definition) is 2. The number of amides is 2. The largest absolute Gasteiger partial charge is 0.338 e. The molecule has 124 valence electrons. The number of rotatable bonds is 3. The summed E-state index contributed by atoms with van der Waals surface area (Å²) < 4.78 is 0. The van der Waals surface area contributed by atoms with Crippen LogP contribution in [0.4, 0.5) is 5.69 Å². The summed E-state index contributed by atoms with van der Waals surface area (Å²) in [7, 11) is 0. The van der Waals surface area contributed by atoms with Gasteiger partial charge in [-0.1, -0.05) is 35.9 Å². The van der Waals surface area contributed by atoms with E-state index in [-0.39, 0.29) is 17.7 Å². The van der Waals surface area contributed by atoms with Crippen LogP contribution in [0, 0.1) is 12.8 Å². The number of aryl methyl sites for hydroxylation is 1. The first-order valence-electron chi connectivity index (χ1n) is 8.35. The fraction of sp³-hybridized carbons (Fsp3) is 0.300. The van der Waals surface area contributed by atoms with Gasteiger partial charge in [0.1, 0.15) is 0 Å². The van der Waals surface area contributed by atoms with Gasteiger partial charge < -0.3 is 10.2 Å². The zero-order valence-electron chi connectivity index (χ0n) is 13.9. The first kappa shape index (κ1) is 16.2. The van der Waals surface area contributed by atoms with E-state index in [9.17, 15) is 9.59 Å². The number of nitrogens with zero attached hydrogens (tertiary/aromatic N) is 1. The Kier molecular flexibility index (Phi) is 4.94. The van der Waals surface area contributed by atoms with Gasteiger partial charge in [0.2, 0.25) is 5.91 Å². The zero-order valence-corrected chi connectivity index (χ0v) is 13.9. The van der Waals surface area contributed by atoms with Gasteiger partial charge in [-0.15, -0.1) is 0 Å². The summed E-state index contributed by atoms with van der Waals surface area (Å²) in [4.78, 5) is 26.9. The van der Waals surface area contributed by atoms with Crippen molar-refractivity contribution in [3.63, 3.8) is 0 Å². The van der Waals surface area contributed by atoms with Crippen LogP contribution in [0.1, 0.15) is 28.8 Å². The van der Waals surface area contributed by atoms with Gasteiger partial charge in [-0.05, 0) is 44.0 Å².